The number of fused-ring (bicyclic) bond motifs is 1. The number of aromatic nitrogens is 2. The molecule has 0 atom stereocenters. The fraction of sp³-hybridized carbons (Fsp3) is 0.190. The lowest BCUT2D eigenvalue weighted by Crippen LogP contribution is -2.26. The van der Waals surface area contributed by atoms with Crippen LogP contribution in [0.2, 0.25) is 0 Å². The molecule has 3 aromatic rings. The van der Waals surface area contributed by atoms with Crippen LogP contribution >= 0.6 is 11.8 Å². The Labute approximate surface area is 166 Å². The maximum Gasteiger partial charge on any atom is 0.261 e. The third kappa shape index (κ3) is 4.09. The van der Waals surface area contributed by atoms with Gasteiger partial charge in [0.2, 0.25) is 11.8 Å². The number of benzene rings is 2. The van der Waals surface area contributed by atoms with E-state index in [1.807, 2.05) is 42.5 Å². The van der Waals surface area contributed by atoms with E-state index < -0.39 is 0 Å². The monoisotopic (exact) mass is 395 g/mol. The molecule has 1 aromatic heterocycles. The van der Waals surface area contributed by atoms with Gasteiger partial charge in [0.15, 0.2) is 5.16 Å². The number of nitrogens with zero attached hydrogens (tertiary/aromatic N) is 2. The minimum absolute atomic E-state index is 0.0533. The largest absolute Gasteiger partial charge is 0.493 e. The van der Waals surface area contributed by atoms with E-state index in [2.05, 4.69) is 16.9 Å². The first-order valence-electron chi connectivity index (χ1n) is 8.89. The van der Waals surface area contributed by atoms with Gasteiger partial charge in [-0.3, -0.25) is 14.2 Å². The fourth-order valence-electron chi connectivity index (χ4n) is 2.92. The molecule has 0 fully saturated rings. The molecule has 2 aromatic carbocycles. The minimum Gasteiger partial charge on any atom is -0.493 e. The summed E-state index contributed by atoms with van der Waals surface area (Å²) >= 11 is 1.10. The number of anilines is 1. The molecule has 6 nitrogen and oxygen atoms in total. The Morgan fingerprint density at radius 1 is 1.29 bits per heavy atom. The van der Waals surface area contributed by atoms with Crippen molar-refractivity contribution in [1.82, 2.24) is 9.55 Å². The van der Waals surface area contributed by atoms with Crippen LogP contribution in [0, 0.1) is 0 Å². The number of rotatable bonds is 7. The molecule has 0 aliphatic heterocycles. The van der Waals surface area contributed by atoms with Crippen molar-refractivity contribution in [2.24, 2.45) is 0 Å². The number of nitrogens with one attached hydrogen (secondary N) is 1. The van der Waals surface area contributed by atoms with Crippen LogP contribution in [0.1, 0.15) is 12.5 Å². The SMILES string of the molecule is C=CCn1c(SCC(=O)Nc2cccc3ccccc23)nc(O)c(CC)c1=O. The molecule has 0 bridgehead atoms. The molecule has 0 aliphatic carbocycles. The summed E-state index contributed by atoms with van der Waals surface area (Å²) in [6.45, 7) is 5.69. The van der Waals surface area contributed by atoms with Gasteiger partial charge in [0.25, 0.3) is 5.56 Å². The van der Waals surface area contributed by atoms with E-state index in [-0.39, 0.29) is 40.4 Å². The van der Waals surface area contributed by atoms with Gasteiger partial charge in [-0.05, 0) is 17.9 Å². The Morgan fingerprint density at radius 3 is 2.79 bits per heavy atom. The highest BCUT2D eigenvalue weighted by molar-refractivity contribution is 7.99. The quantitative estimate of drug-likeness (QED) is 0.363. The summed E-state index contributed by atoms with van der Waals surface area (Å²) in [5.41, 5.74) is 0.669. The molecular weight excluding hydrogens is 374 g/mol. The molecule has 0 saturated heterocycles. The van der Waals surface area contributed by atoms with E-state index in [9.17, 15) is 14.7 Å². The second-order valence-electron chi connectivity index (χ2n) is 6.12. The highest BCUT2D eigenvalue weighted by Crippen LogP contribution is 2.24. The van der Waals surface area contributed by atoms with Gasteiger partial charge in [-0.1, -0.05) is 61.2 Å². The van der Waals surface area contributed by atoms with Gasteiger partial charge in [0.05, 0.1) is 11.3 Å². The number of thioether (sulfide) groups is 1. The van der Waals surface area contributed by atoms with E-state index in [0.29, 0.717) is 6.42 Å². The molecular formula is C21H21N3O3S. The van der Waals surface area contributed by atoms with Crippen LogP contribution in [0.4, 0.5) is 5.69 Å². The molecule has 3 rings (SSSR count). The summed E-state index contributed by atoms with van der Waals surface area (Å²) in [5.74, 6) is -0.456. The summed E-state index contributed by atoms with van der Waals surface area (Å²) in [6.07, 6.45) is 1.96. The Hall–Kier alpha value is -3.06. The summed E-state index contributed by atoms with van der Waals surface area (Å²) in [7, 11) is 0. The molecule has 0 saturated carbocycles. The lowest BCUT2D eigenvalue weighted by atomic mass is 10.1. The average molecular weight is 395 g/mol. The van der Waals surface area contributed by atoms with Crippen molar-refractivity contribution in [2.45, 2.75) is 25.0 Å². The van der Waals surface area contributed by atoms with Crippen LogP contribution in [0.3, 0.4) is 0 Å². The van der Waals surface area contributed by atoms with E-state index in [0.717, 1.165) is 28.2 Å². The van der Waals surface area contributed by atoms with Crippen molar-refractivity contribution < 1.29 is 9.90 Å². The average Bonchev–Trinajstić information content (AvgIpc) is 2.69. The Kier molecular flexibility index (Phi) is 6.16. The van der Waals surface area contributed by atoms with Gasteiger partial charge in [-0.2, -0.15) is 4.98 Å². The van der Waals surface area contributed by atoms with Gasteiger partial charge in [-0.25, -0.2) is 0 Å². The number of allylic oxidation sites excluding steroid dienone is 1. The number of hydrogen-bond acceptors (Lipinski definition) is 5. The van der Waals surface area contributed by atoms with E-state index in [1.54, 1.807) is 13.0 Å². The maximum absolute atomic E-state index is 12.5. The lowest BCUT2D eigenvalue weighted by molar-refractivity contribution is -0.113. The van der Waals surface area contributed by atoms with Crippen LogP contribution < -0.4 is 10.9 Å². The fourth-order valence-corrected chi connectivity index (χ4v) is 3.72. The van der Waals surface area contributed by atoms with E-state index >= 15 is 0 Å². The molecule has 144 valence electrons. The molecule has 2 N–H and O–H groups in total. The predicted octanol–water partition coefficient (Wildman–Crippen LogP) is 3.58. The van der Waals surface area contributed by atoms with E-state index in [4.69, 9.17) is 0 Å². The number of aromatic hydroxyl groups is 1. The zero-order valence-corrected chi connectivity index (χ0v) is 16.3. The van der Waals surface area contributed by atoms with Gasteiger partial charge < -0.3 is 10.4 Å². The standard InChI is InChI=1S/C21H21N3O3S/c1-3-12-24-20(27)15(4-2)19(26)23-21(24)28-13-18(25)22-17-11-7-9-14-8-5-6-10-16(14)17/h3,5-11,26H,1,4,12-13H2,2H3,(H,22,25). The Balaban J connectivity index is 1.79. The zero-order valence-electron chi connectivity index (χ0n) is 15.5. The first-order chi connectivity index (χ1) is 13.5. The van der Waals surface area contributed by atoms with Crippen molar-refractivity contribution in [1.29, 1.82) is 0 Å². The van der Waals surface area contributed by atoms with Crippen LogP contribution in [0.25, 0.3) is 10.8 Å². The Morgan fingerprint density at radius 2 is 2.04 bits per heavy atom. The molecule has 0 aliphatic rings. The topological polar surface area (TPSA) is 84.2 Å². The predicted molar refractivity (Wildman–Crippen MR) is 113 cm³/mol. The summed E-state index contributed by atoms with van der Waals surface area (Å²) in [6, 6.07) is 13.5. The molecule has 1 amide bonds. The number of carbonyl (C=O) groups is 1. The second-order valence-corrected chi connectivity index (χ2v) is 7.06. The van der Waals surface area contributed by atoms with Crippen LogP contribution in [0.15, 0.2) is 65.1 Å². The first kappa shape index (κ1) is 19.7. The second kappa shape index (κ2) is 8.75. The van der Waals surface area contributed by atoms with Crippen molar-refractivity contribution >= 4 is 34.1 Å². The van der Waals surface area contributed by atoms with Crippen molar-refractivity contribution in [3.63, 3.8) is 0 Å². The summed E-state index contributed by atoms with van der Waals surface area (Å²) < 4.78 is 1.42. The van der Waals surface area contributed by atoms with Gasteiger partial charge in [0, 0.05) is 17.6 Å². The molecule has 0 spiro atoms. The minimum atomic E-state index is -0.313. The molecule has 7 heteroatoms. The molecule has 0 radical (unpaired) electrons. The van der Waals surface area contributed by atoms with Crippen molar-refractivity contribution in [2.75, 3.05) is 11.1 Å². The van der Waals surface area contributed by atoms with Crippen molar-refractivity contribution in [3.8, 4) is 5.88 Å². The number of carbonyl (C=O) groups excluding carboxylic acids is 1. The number of hydrogen-bond donors (Lipinski definition) is 2. The number of amides is 1. The third-order valence-electron chi connectivity index (χ3n) is 4.27. The molecule has 28 heavy (non-hydrogen) atoms. The smallest absolute Gasteiger partial charge is 0.261 e. The van der Waals surface area contributed by atoms with Crippen LogP contribution in [-0.2, 0) is 17.8 Å². The summed E-state index contributed by atoms with van der Waals surface area (Å²) in [4.78, 5) is 29.1. The third-order valence-corrected chi connectivity index (χ3v) is 5.24. The van der Waals surface area contributed by atoms with Crippen LogP contribution in [0.5, 0.6) is 5.88 Å². The normalized spacial score (nSPS) is 10.8. The zero-order chi connectivity index (χ0) is 20.1. The molecule has 1 heterocycles. The first-order valence-corrected chi connectivity index (χ1v) is 9.87. The van der Waals surface area contributed by atoms with Gasteiger partial charge >= 0.3 is 0 Å². The van der Waals surface area contributed by atoms with Gasteiger partial charge in [-0.15, -0.1) is 6.58 Å². The highest BCUT2D eigenvalue weighted by atomic mass is 32.2. The highest BCUT2D eigenvalue weighted by Gasteiger charge is 2.16. The lowest BCUT2D eigenvalue weighted by Gasteiger charge is -2.13. The maximum atomic E-state index is 12.5. The van der Waals surface area contributed by atoms with Crippen LogP contribution in [-0.4, -0.2) is 26.3 Å². The van der Waals surface area contributed by atoms with Gasteiger partial charge in [0.1, 0.15) is 0 Å². The Bertz CT molecular complexity index is 1090. The summed E-state index contributed by atoms with van der Waals surface area (Å²) in [5, 5.41) is 15.2. The molecule has 0 unspecified atom stereocenters. The van der Waals surface area contributed by atoms with Crippen molar-refractivity contribution in [3.05, 3.63) is 71.0 Å². The van der Waals surface area contributed by atoms with E-state index in [1.165, 1.54) is 4.57 Å².